The Bertz CT molecular complexity index is 257. The van der Waals surface area contributed by atoms with E-state index in [4.69, 9.17) is 0 Å². The highest BCUT2D eigenvalue weighted by atomic mass is 15.0. The summed E-state index contributed by atoms with van der Waals surface area (Å²) in [4.78, 5) is 0. The molecule has 0 spiro atoms. The summed E-state index contributed by atoms with van der Waals surface area (Å²) in [7, 11) is 2.13. The van der Waals surface area contributed by atoms with Gasteiger partial charge in [0, 0.05) is 25.0 Å². The summed E-state index contributed by atoms with van der Waals surface area (Å²) in [5.41, 5.74) is 1.43. The monoisotopic (exact) mass is 178 g/mol. The first kappa shape index (κ1) is 8.82. The molecule has 0 aliphatic carbocycles. The smallest absolute Gasteiger partial charge is 0.0474 e. The van der Waals surface area contributed by atoms with Crippen molar-refractivity contribution in [3.8, 4) is 0 Å². The van der Waals surface area contributed by atoms with Gasteiger partial charge < -0.3 is 9.88 Å². The molecule has 13 heavy (non-hydrogen) atoms. The fourth-order valence-electron chi connectivity index (χ4n) is 2.12. The number of aromatic nitrogens is 1. The molecule has 1 fully saturated rings. The first-order valence-electron chi connectivity index (χ1n) is 5.22. The van der Waals surface area contributed by atoms with Gasteiger partial charge in [-0.15, -0.1) is 0 Å². The van der Waals surface area contributed by atoms with Gasteiger partial charge in [-0.2, -0.15) is 0 Å². The molecule has 1 saturated heterocycles. The second-order valence-corrected chi connectivity index (χ2v) is 3.90. The number of nitrogens with zero attached hydrogens (tertiary/aromatic N) is 1. The Balaban J connectivity index is 2.10. The fourth-order valence-corrected chi connectivity index (χ4v) is 2.12. The number of aryl methyl sites for hydroxylation is 1. The van der Waals surface area contributed by atoms with Crippen molar-refractivity contribution in [3.05, 3.63) is 24.0 Å². The van der Waals surface area contributed by atoms with Gasteiger partial charge in [0.1, 0.15) is 0 Å². The van der Waals surface area contributed by atoms with Crippen molar-refractivity contribution >= 4 is 0 Å². The van der Waals surface area contributed by atoms with E-state index in [0.717, 1.165) is 0 Å². The summed E-state index contributed by atoms with van der Waals surface area (Å²) in [5.74, 6) is 0. The minimum absolute atomic E-state index is 0.586. The average Bonchev–Trinajstić information content (AvgIpc) is 2.43. The molecule has 2 nitrogen and oxygen atoms in total. The first-order valence-corrected chi connectivity index (χ1v) is 5.22. The van der Waals surface area contributed by atoms with Gasteiger partial charge in [-0.05, 0) is 31.5 Å². The standard InChI is InChI=1S/C11H18N2/c1-13-9-5-7-11(13)10-6-3-2-4-8-12-10/h5,7,9-10,12H,2-4,6,8H2,1H3/t10-/m1/s1. The SMILES string of the molecule is Cn1cccc1[C@H]1CCCCCN1. The third-order valence-corrected chi connectivity index (χ3v) is 2.90. The summed E-state index contributed by atoms with van der Waals surface area (Å²) >= 11 is 0. The van der Waals surface area contributed by atoms with Crippen LogP contribution in [0.4, 0.5) is 0 Å². The molecular weight excluding hydrogens is 160 g/mol. The Kier molecular flexibility index (Phi) is 2.69. The lowest BCUT2D eigenvalue weighted by Gasteiger charge is -2.16. The van der Waals surface area contributed by atoms with E-state index in [1.165, 1.54) is 37.9 Å². The van der Waals surface area contributed by atoms with Crippen LogP contribution in [0.25, 0.3) is 0 Å². The Morgan fingerprint density at radius 1 is 1.38 bits per heavy atom. The van der Waals surface area contributed by atoms with Gasteiger partial charge in [0.25, 0.3) is 0 Å². The molecule has 1 aliphatic rings. The predicted molar refractivity (Wildman–Crippen MR) is 54.6 cm³/mol. The highest BCUT2D eigenvalue weighted by Crippen LogP contribution is 2.22. The number of nitrogens with one attached hydrogen (secondary N) is 1. The molecule has 2 heterocycles. The van der Waals surface area contributed by atoms with Gasteiger partial charge in [-0.1, -0.05) is 12.8 Å². The van der Waals surface area contributed by atoms with Crippen LogP contribution in [0.2, 0.25) is 0 Å². The van der Waals surface area contributed by atoms with Crippen LogP contribution in [-0.2, 0) is 7.05 Å². The quantitative estimate of drug-likeness (QED) is 0.697. The molecule has 0 saturated carbocycles. The van der Waals surface area contributed by atoms with E-state index in [2.05, 4.69) is 35.3 Å². The molecule has 0 bridgehead atoms. The Morgan fingerprint density at radius 3 is 3.08 bits per heavy atom. The van der Waals surface area contributed by atoms with E-state index in [0.29, 0.717) is 6.04 Å². The maximum absolute atomic E-state index is 3.60. The van der Waals surface area contributed by atoms with Crippen molar-refractivity contribution in [2.24, 2.45) is 7.05 Å². The third kappa shape index (κ3) is 1.94. The van der Waals surface area contributed by atoms with Gasteiger partial charge in [-0.3, -0.25) is 0 Å². The van der Waals surface area contributed by atoms with E-state index >= 15 is 0 Å². The highest BCUT2D eigenvalue weighted by molar-refractivity contribution is 5.11. The topological polar surface area (TPSA) is 17.0 Å². The van der Waals surface area contributed by atoms with Crippen LogP contribution in [0.15, 0.2) is 18.3 Å². The maximum Gasteiger partial charge on any atom is 0.0474 e. The molecule has 0 aromatic carbocycles. The largest absolute Gasteiger partial charge is 0.353 e. The van der Waals surface area contributed by atoms with Crippen LogP contribution in [-0.4, -0.2) is 11.1 Å². The summed E-state index contributed by atoms with van der Waals surface area (Å²) in [6.45, 7) is 1.18. The fraction of sp³-hybridized carbons (Fsp3) is 0.636. The van der Waals surface area contributed by atoms with Gasteiger partial charge in [0.05, 0.1) is 0 Å². The molecule has 72 valence electrons. The lowest BCUT2D eigenvalue weighted by Crippen LogP contribution is -2.22. The second kappa shape index (κ2) is 3.97. The number of hydrogen-bond acceptors (Lipinski definition) is 1. The van der Waals surface area contributed by atoms with E-state index < -0.39 is 0 Å². The van der Waals surface area contributed by atoms with Gasteiger partial charge >= 0.3 is 0 Å². The van der Waals surface area contributed by atoms with Gasteiger partial charge in [0.15, 0.2) is 0 Å². The van der Waals surface area contributed by atoms with Crippen molar-refractivity contribution in [1.29, 1.82) is 0 Å². The minimum Gasteiger partial charge on any atom is -0.353 e. The van der Waals surface area contributed by atoms with E-state index in [-0.39, 0.29) is 0 Å². The van der Waals surface area contributed by atoms with Crippen LogP contribution < -0.4 is 5.32 Å². The predicted octanol–water partition coefficient (Wildman–Crippen LogP) is 2.23. The van der Waals surface area contributed by atoms with Crippen LogP contribution in [0.5, 0.6) is 0 Å². The molecule has 1 atom stereocenters. The van der Waals surface area contributed by atoms with Crippen molar-refractivity contribution in [3.63, 3.8) is 0 Å². The normalized spacial score (nSPS) is 24.2. The molecule has 1 N–H and O–H groups in total. The molecule has 1 aromatic rings. The molecule has 2 rings (SSSR count). The van der Waals surface area contributed by atoms with E-state index in [1.54, 1.807) is 0 Å². The minimum atomic E-state index is 0.586. The maximum atomic E-state index is 3.60. The molecule has 0 radical (unpaired) electrons. The summed E-state index contributed by atoms with van der Waals surface area (Å²) in [6.07, 6.45) is 7.50. The third-order valence-electron chi connectivity index (χ3n) is 2.90. The summed E-state index contributed by atoms with van der Waals surface area (Å²) in [5, 5.41) is 3.60. The van der Waals surface area contributed by atoms with Gasteiger partial charge in [0.2, 0.25) is 0 Å². The number of rotatable bonds is 1. The number of hydrogen-bond donors (Lipinski definition) is 1. The lowest BCUT2D eigenvalue weighted by molar-refractivity contribution is 0.507. The van der Waals surface area contributed by atoms with Crippen LogP contribution >= 0.6 is 0 Å². The van der Waals surface area contributed by atoms with E-state index in [9.17, 15) is 0 Å². The lowest BCUT2D eigenvalue weighted by atomic mass is 10.1. The first-order chi connectivity index (χ1) is 6.38. The molecular formula is C11H18N2. The van der Waals surface area contributed by atoms with E-state index in [1.807, 2.05) is 0 Å². The van der Waals surface area contributed by atoms with Crippen LogP contribution in [0, 0.1) is 0 Å². The zero-order chi connectivity index (χ0) is 9.10. The zero-order valence-corrected chi connectivity index (χ0v) is 8.29. The van der Waals surface area contributed by atoms with Crippen molar-refractivity contribution < 1.29 is 0 Å². The van der Waals surface area contributed by atoms with Crippen molar-refractivity contribution in [2.75, 3.05) is 6.54 Å². The summed E-state index contributed by atoms with van der Waals surface area (Å²) < 4.78 is 2.23. The van der Waals surface area contributed by atoms with Gasteiger partial charge in [-0.25, -0.2) is 0 Å². The Morgan fingerprint density at radius 2 is 2.31 bits per heavy atom. The van der Waals surface area contributed by atoms with Crippen molar-refractivity contribution in [1.82, 2.24) is 9.88 Å². The molecule has 1 aliphatic heterocycles. The van der Waals surface area contributed by atoms with Crippen LogP contribution in [0.3, 0.4) is 0 Å². The highest BCUT2D eigenvalue weighted by Gasteiger charge is 2.14. The van der Waals surface area contributed by atoms with Crippen molar-refractivity contribution in [2.45, 2.75) is 31.7 Å². The average molecular weight is 178 g/mol. The Hall–Kier alpha value is -0.760. The zero-order valence-electron chi connectivity index (χ0n) is 8.29. The molecule has 0 amide bonds. The molecule has 0 unspecified atom stereocenters. The summed E-state index contributed by atoms with van der Waals surface area (Å²) in [6, 6.07) is 4.94. The molecule has 2 heteroatoms. The molecule has 1 aromatic heterocycles. The Labute approximate surface area is 79.9 Å². The second-order valence-electron chi connectivity index (χ2n) is 3.90. The van der Waals surface area contributed by atoms with Crippen LogP contribution in [0.1, 0.15) is 37.4 Å².